The molecule has 102 valence electrons. The molecule has 1 fully saturated rings. The molecule has 0 unspecified atom stereocenters. The maximum Gasteiger partial charge on any atom is 0.319 e. The van der Waals surface area contributed by atoms with Crippen LogP contribution in [0.25, 0.3) is 0 Å². The fraction of sp³-hybridized carbons (Fsp3) is 0.846. The van der Waals surface area contributed by atoms with E-state index in [1.54, 1.807) is 4.90 Å². The van der Waals surface area contributed by atoms with E-state index in [-0.39, 0.29) is 19.1 Å². The van der Waals surface area contributed by atoms with E-state index in [9.17, 15) is 9.90 Å². The molecular weight excluding hydrogens is 232 g/mol. The van der Waals surface area contributed by atoms with Gasteiger partial charge in [0.25, 0.3) is 0 Å². The zero-order chi connectivity index (χ0) is 13.6. The molecule has 0 aromatic rings. The highest BCUT2D eigenvalue weighted by molar-refractivity contribution is 5.71. The lowest BCUT2D eigenvalue weighted by atomic mass is 9.79. The Morgan fingerprint density at radius 2 is 2.17 bits per heavy atom. The van der Waals surface area contributed by atoms with Crippen LogP contribution in [-0.4, -0.2) is 48.3 Å². The molecule has 0 amide bonds. The van der Waals surface area contributed by atoms with Crippen molar-refractivity contribution in [1.29, 1.82) is 5.26 Å². The molecule has 1 saturated carbocycles. The molecule has 0 heterocycles. The van der Waals surface area contributed by atoms with E-state index < -0.39 is 5.60 Å². The molecule has 0 radical (unpaired) electrons. The summed E-state index contributed by atoms with van der Waals surface area (Å²) >= 11 is 0. The van der Waals surface area contributed by atoms with Gasteiger partial charge in [-0.05, 0) is 31.6 Å². The summed E-state index contributed by atoms with van der Waals surface area (Å²) in [6, 6.07) is 2.02. The zero-order valence-electron chi connectivity index (χ0n) is 11.2. The zero-order valence-corrected chi connectivity index (χ0v) is 11.2. The maximum absolute atomic E-state index is 11.2. The van der Waals surface area contributed by atoms with Gasteiger partial charge >= 0.3 is 5.97 Å². The van der Waals surface area contributed by atoms with Gasteiger partial charge in [0.15, 0.2) is 0 Å². The van der Waals surface area contributed by atoms with Crippen molar-refractivity contribution in [2.75, 3.05) is 26.7 Å². The van der Waals surface area contributed by atoms with Crippen LogP contribution in [0.15, 0.2) is 0 Å². The van der Waals surface area contributed by atoms with Crippen LogP contribution >= 0.6 is 0 Å². The van der Waals surface area contributed by atoms with Crippen molar-refractivity contribution < 1.29 is 14.6 Å². The van der Waals surface area contributed by atoms with Crippen molar-refractivity contribution in [3.05, 3.63) is 0 Å². The van der Waals surface area contributed by atoms with Gasteiger partial charge in [-0.1, -0.05) is 6.92 Å². The third-order valence-corrected chi connectivity index (χ3v) is 3.60. The van der Waals surface area contributed by atoms with E-state index in [1.807, 2.05) is 6.07 Å². The largest absolute Gasteiger partial charge is 0.468 e. The number of rotatable bonds is 5. The molecule has 0 spiro atoms. The molecule has 1 N–H and O–H groups in total. The predicted molar refractivity (Wildman–Crippen MR) is 66.7 cm³/mol. The number of aliphatic hydroxyl groups is 1. The second-order valence-corrected chi connectivity index (χ2v) is 5.29. The summed E-state index contributed by atoms with van der Waals surface area (Å²) in [4.78, 5) is 12.9. The van der Waals surface area contributed by atoms with Crippen LogP contribution in [0.5, 0.6) is 0 Å². The van der Waals surface area contributed by atoms with Crippen molar-refractivity contribution in [3.8, 4) is 6.07 Å². The number of carbonyl (C=O) groups excluding carboxylic acids is 1. The molecule has 1 aliphatic rings. The van der Waals surface area contributed by atoms with Gasteiger partial charge in [0.05, 0.1) is 31.9 Å². The second kappa shape index (κ2) is 6.72. The third kappa shape index (κ3) is 4.63. The quantitative estimate of drug-likeness (QED) is 0.583. The molecule has 5 heteroatoms. The van der Waals surface area contributed by atoms with E-state index in [0.29, 0.717) is 12.5 Å². The SMILES string of the molecule is COC(=O)CN(CC#N)CC1(O)CCC(C)CC1. The highest BCUT2D eigenvalue weighted by Crippen LogP contribution is 2.32. The maximum atomic E-state index is 11.2. The number of nitrogens with zero attached hydrogens (tertiary/aromatic N) is 2. The van der Waals surface area contributed by atoms with Crippen LogP contribution in [0.4, 0.5) is 0 Å². The van der Waals surface area contributed by atoms with Gasteiger partial charge in [0, 0.05) is 6.54 Å². The number of nitriles is 1. The summed E-state index contributed by atoms with van der Waals surface area (Å²) in [5, 5.41) is 19.2. The van der Waals surface area contributed by atoms with Gasteiger partial charge in [-0.25, -0.2) is 0 Å². The van der Waals surface area contributed by atoms with Crippen molar-refractivity contribution in [2.24, 2.45) is 5.92 Å². The average Bonchev–Trinajstić information content (AvgIpc) is 2.33. The highest BCUT2D eigenvalue weighted by Gasteiger charge is 2.34. The minimum Gasteiger partial charge on any atom is -0.468 e. The molecule has 0 aromatic carbocycles. The van der Waals surface area contributed by atoms with E-state index in [2.05, 4.69) is 11.7 Å². The molecule has 5 nitrogen and oxygen atoms in total. The molecule has 0 bridgehead atoms. The molecule has 0 saturated heterocycles. The smallest absolute Gasteiger partial charge is 0.319 e. The minimum absolute atomic E-state index is 0.0575. The summed E-state index contributed by atoms with van der Waals surface area (Å²) < 4.78 is 4.59. The lowest BCUT2D eigenvalue weighted by molar-refractivity contribution is -0.142. The van der Waals surface area contributed by atoms with E-state index in [1.165, 1.54) is 7.11 Å². The first-order valence-electron chi connectivity index (χ1n) is 6.37. The van der Waals surface area contributed by atoms with Crippen LogP contribution in [0.3, 0.4) is 0 Å². The number of hydrogen-bond donors (Lipinski definition) is 1. The number of ether oxygens (including phenoxy) is 1. The standard InChI is InChI=1S/C13H22N2O3/c1-11-3-5-13(17,6-4-11)10-15(8-7-14)9-12(16)18-2/h11,17H,3-6,8-10H2,1-2H3. The first kappa shape index (κ1) is 14.9. The lowest BCUT2D eigenvalue weighted by Gasteiger charge is -2.37. The molecular formula is C13H22N2O3. The van der Waals surface area contributed by atoms with Crippen LogP contribution in [0.2, 0.25) is 0 Å². The van der Waals surface area contributed by atoms with Crippen LogP contribution in [0, 0.1) is 17.2 Å². The Kier molecular flexibility index (Phi) is 5.57. The summed E-state index contributed by atoms with van der Waals surface area (Å²) in [7, 11) is 1.32. The molecule has 1 aliphatic carbocycles. The normalized spacial score (nSPS) is 27.8. The molecule has 18 heavy (non-hydrogen) atoms. The number of esters is 1. The van der Waals surface area contributed by atoms with Gasteiger partial charge in [0.1, 0.15) is 0 Å². The number of carbonyl (C=O) groups is 1. The van der Waals surface area contributed by atoms with Gasteiger partial charge in [0.2, 0.25) is 0 Å². The summed E-state index contributed by atoms with van der Waals surface area (Å²) in [6.45, 7) is 2.73. The van der Waals surface area contributed by atoms with E-state index in [4.69, 9.17) is 5.26 Å². The third-order valence-electron chi connectivity index (χ3n) is 3.60. The highest BCUT2D eigenvalue weighted by atomic mass is 16.5. The molecule has 0 atom stereocenters. The number of methoxy groups -OCH3 is 1. The van der Waals surface area contributed by atoms with Crippen molar-refractivity contribution in [1.82, 2.24) is 4.90 Å². The van der Waals surface area contributed by atoms with Crippen molar-refractivity contribution in [3.63, 3.8) is 0 Å². The fourth-order valence-electron chi connectivity index (χ4n) is 2.39. The summed E-state index contributed by atoms with van der Waals surface area (Å²) in [5.74, 6) is 0.272. The molecule has 1 rings (SSSR count). The first-order chi connectivity index (χ1) is 8.49. The number of hydrogen-bond acceptors (Lipinski definition) is 5. The second-order valence-electron chi connectivity index (χ2n) is 5.29. The Morgan fingerprint density at radius 3 is 2.67 bits per heavy atom. The van der Waals surface area contributed by atoms with Gasteiger partial charge in [-0.3, -0.25) is 9.69 Å². The van der Waals surface area contributed by atoms with Gasteiger partial charge in [-0.2, -0.15) is 5.26 Å². The van der Waals surface area contributed by atoms with Gasteiger partial charge < -0.3 is 9.84 Å². The summed E-state index contributed by atoms with van der Waals surface area (Å²) in [5.41, 5.74) is -0.766. The fourth-order valence-corrected chi connectivity index (χ4v) is 2.39. The molecule has 0 aromatic heterocycles. The average molecular weight is 254 g/mol. The van der Waals surface area contributed by atoms with Crippen LogP contribution in [0.1, 0.15) is 32.6 Å². The Labute approximate surface area is 108 Å². The Hall–Kier alpha value is -1.12. The van der Waals surface area contributed by atoms with Crippen LogP contribution < -0.4 is 0 Å². The van der Waals surface area contributed by atoms with Gasteiger partial charge in [-0.15, -0.1) is 0 Å². The van der Waals surface area contributed by atoms with Crippen LogP contribution in [-0.2, 0) is 9.53 Å². The Bertz CT molecular complexity index is 317. The topological polar surface area (TPSA) is 73.6 Å². The predicted octanol–water partition coefficient (Wildman–Crippen LogP) is 0.926. The first-order valence-corrected chi connectivity index (χ1v) is 6.37. The Balaban J connectivity index is 2.54. The molecule has 0 aliphatic heterocycles. The monoisotopic (exact) mass is 254 g/mol. The minimum atomic E-state index is -0.766. The van der Waals surface area contributed by atoms with Crippen molar-refractivity contribution in [2.45, 2.75) is 38.2 Å². The van der Waals surface area contributed by atoms with Crippen molar-refractivity contribution >= 4 is 5.97 Å². The lowest BCUT2D eigenvalue weighted by Crippen LogP contribution is -2.47. The Morgan fingerprint density at radius 1 is 1.56 bits per heavy atom. The summed E-state index contributed by atoms with van der Waals surface area (Å²) in [6.07, 6.45) is 3.46. The van der Waals surface area contributed by atoms with E-state index >= 15 is 0 Å². The van der Waals surface area contributed by atoms with E-state index in [0.717, 1.165) is 25.7 Å².